The van der Waals surface area contributed by atoms with Crippen molar-refractivity contribution in [2.45, 2.75) is 20.8 Å². The lowest BCUT2D eigenvalue weighted by molar-refractivity contribution is -0.114. The van der Waals surface area contributed by atoms with E-state index in [0.717, 1.165) is 0 Å². The third-order valence-corrected chi connectivity index (χ3v) is 3.54. The average molecular weight is 370 g/mol. The lowest BCUT2D eigenvalue weighted by atomic mass is 10.1. The highest BCUT2D eigenvalue weighted by molar-refractivity contribution is 5.98. The molecule has 0 radical (unpaired) electrons. The van der Waals surface area contributed by atoms with E-state index in [-0.39, 0.29) is 28.9 Å². The van der Waals surface area contributed by atoms with Crippen LogP contribution >= 0.6 is 0 Å². The third kappa shape index (κ3) is 5.15. The molecule has 1 amide bonds. The number of benzene rings is 2. The first kappa shape index (κ1) is 19.6. The number of Topliss-reactive ketones (excluding diaryl/α,β-unsaturated/α-hetero) is 2. The van der Waals surface area contributed by atoms with Crippen LogP contribution in [0.5, 0.6) is 5.75 Å². The lowest BCUT2D eigenvalue weighted by Crippen LogP contribution is -2.06. The Kier molecular flexibility index (Phi) is 5.92. The van der Waals surface area contributed by atoms with Gasteiger partial charge in [-0.2, -0.15) is 0 Å². The molecule has 0 aliphatic rings. The molecule has 0 saturated heterocycles. The number of hydrogen-bond donors (Lipinski definition) is 3. The number of aromatic amines is 1. The maximum absolute atomic E-state index is 11.0. The Morgan fingerprint density at radius 2 is 1.56 bits per heavy atom. The first-order chi connectivity index (χ1) is 12.7. The zero-order chi connectivity index (χ0) is 20.1. The number of nitrogens with one attached hydrogen (secondary N) is 2. The first-order valence-corrected chi connectivity index (χ1v) is 7.92. The van der Waals surface area contributed by atoms with Gasteiger partial charge in [-0.15, -0.1) is 0 Å². The van der Waals surface area contributed by atoms with Gasteiger partial charge in [-0.1, -0.05) is 0 Å². The van der Waals surface area contributed by atoms with Gasteiger partial charge in [-0.25, -0.2) is 4.79 Å². The second-order valence-electron chi connectivity index (χ2n) is 5.75. The van der Waals surface area contributed by atoms with E-state index in [4.69, 9.17) is 4.42 Å². The van der Waals surface area contributed by atoms with Gasteiger partial charge in [0.1, 0.15) is 5.75 Å². The molecule has 0 fully saturated rings. The molecule has 0 bridgehead atoms. The topological polar surface area (TPSA) is 129 Å². The van der Waals surface area contributed by atoms with Crippen LogP contribution < -0.4 is 11.1 Å². The second kappa shape index (κ2) is 8.13. The fourth-order valence-electron chi connectivity index (χ4n) is 2.22. The summed E-state index contributed by atoms with van der Waals surface area (Å²) >= 11 is 0. The maximum Gasteiger partial charge on any atom is 0.417 e. The van der Waals surface area contributed by atoms with Crippen LogP contribution in [-0.2, 0) is 4.79 Å². The molecule has 1 aromatic heterocycles. The monoisotopic (exact) mass is 370 g/mol. The number of ketones is 2. The molecule has 3 aromatic rings. The van der Waals surface area contributed by atoms with Crippen molar-refractivity contribution in [1.82, 2.24) is 4.98 Å². The van der Waals surface area contributed by atoms with Gasteiger partial charge in [-0.05, 0) is 50.2 Å². The van der Waals surface area contributed by atoms with Crippen molar-refractivity contribution in [3.8, 4) is 5.75 Å². The van der Waals surface area contributed by atoms with E-state index in [9.17, 15) is 24.3 Å². The summed E-state index contributed by atoms with van der Waals surface area (Å²) in [7, 11) is 0. The van der Waals surface area contributed by atoms with Gasteiger partial charge < -0.3 is 14.8 Å². The number of aromatic nitrogens is 1. The number of oxazole rings is 1. The maximum atomic E-state index is 11.0. The van der Waals surface area contributed by atoms with E-state index in [1.54, 1.807) is 18.2 Å². The highest BCUT2D eigenvalue weighted by Gasteiger charge is 2.06. The predicted octanol–water partition coefficient (Wildman–Crippen LogP) is 2.88. The molecule has 2 aromatic carbocycles. The molecule has 0 aliphatic heterocycles. The average Bonchev–Trinajstić information content (AvgIpc) is 2.95. The van der Waals surface area contributed by atoms with Crippen LogP contribution in [0.1, 0.15) is 41.5 Å². The van der Waals surface area contributed by atoms with E-state index >= 15 is 0 Å². The lowest BCUT2D eigenvalue weighted by Gasteiger charge is -2.05. The molecule has 1 heterocycles. The van der Waals surface area contributed by atoms with Crippen LogP contribution in [0, 0.1) is 0 Å². The number of rotatable bonds is 3. The largest absolute Gasteiger partial charge is 0.506 e. The zero-order valence-corrected chi connectivity index (χ0v) is 15.0. The number of H-pyrrole nitrogens is 1. The van der Waals surface area contributed by atoms with Gasteiger partial charge in [0.2, 0.25) is 5.91 Å². The van der Waals surface area contributed by atoms with Gasteiger partial charge in [0.15, 0.2) is 17.1 Å². The molecule has 0 saturated carbocycles. The van der Waals surface area contributed by atoms with Crippen molar-refractivity contribution in [3.05, 3.63) is 58.1 Å². The van der Waals surface area contributed by atoms with Crippen LogP contribution in [0.15, 0.2) is 45.6 Å². The van der Waals surface area contributed by atoms with E-state index in [1.165, 1.54) is 39.0 Å². The number of hydrogen-bond acceptors (Lipinski definition) is 6. The Morgan fingerprint density at radius 1 is 0.963 bits per heavy atom. The van der Waals surface area contributed by atoms with Crippen LogP contribution in [0.2, 0.25) is 0 Å². The summed E-state index contributed by atoms with van der Waals surface area (Å²) in [5.74, 6) is -0.998. The van der Waals surface area contributed by atoms with E-state index < -0.39 is 5.76 Å². The number of phenolic OH excluding ortho intramolecular Hbond substituents is 1. The highest BCUT2D eigenvalue weighted by Crippen LogP contribution is 2.24. The zero-order valence-electron chi connectivity index (χ0n) is 15.0. The van der Waals surface area contributed by atoms with Crippen LogP contribution in [0.3, 0.4) is 0 Å². The number of anilines is 1. The van der Waals surface area contributed by atoms with E-state index in [0.29, 0.717) is 22.2 Å². The van der Waals surface area contributed by atoms with Gasteiger partial charge in [-0.3, -0.25) is 19.4 Å². The Labute approximate surface area is 153 Å². The Hall–Kier alpha value is -3.68. The Balaban J connectivity index is 0.000000194. The highest BCUT2D eigenvalue weighted by atomic mass is 16.4. The summed E-state index contributed by atoms with van der Waals surface area (Å²) in [6.45, 7) is 4.23. The fourth-order valence-corrected chi connectivity index (χ4v) is 2.22. The smallest absolute Gasteiger partial charge is 0.417 e. The van der Waals surface area contributed by atoms with Gasteiger partial charge in [0, 0.05) is 18.1 Å². The minimum atomic E-state index is -0.504. The van der Waals surface area contributed by atoms with E-state index in [2.05, 4.69) is 10.3 Å². The SMILES string of the molecule is CC(=O)Nc1cc(C(C)=O)ccc1O.CC(=O)c1ccc2oc(=O)[nH]c2c1. The van der Waals surface area contributed by atoms with Crippen LogP contribution in [0.4, 0.5) is 5.69 Å². The summed E-state index contributed by atoms with van der Waals surface area (Å²) in [6, 6.07) is 9.15. The number of carbonyl (C=O) groups is 3. The second-order valence-corrected chi connectivity index (χ2v) is 5.75. The summed E-state index contributed by atoms with van der Waals surface area (Å²) in [6.07, 6.45) is 0. The van der Waals surface area contributed by atoms with Crippen LogP contribution in [-0.4, -0.2) is 27.6 Å². The summed E-state index contributed by atoms with van der Waals surface area (Å²) in [5, 5.41) is 11.8. The summed E-state index contributed by atoms with van der Waals surface area (Å²) in [4.78, 5) is 46.0. The Morgan fingerprint density at radius 3 is 2.15 bits per heavy atom. The fraction of sp³-hybridized carbons (Fsp3) is 0.158. The molecular weight excluding hydrogens is 352 g/mol. The molecule has 0 aliphatic carbocycles. The molecule has 3 rings (SSSR count). The predicted molar refractivity (Wildman–Crippen MR) is 99.3 cm³/mol. The quantitative estimate of drug-likeness (QED) is 0.480. The summed E-state index contributed by atoms with van der Waals surface area (Å²) < 4.78 is 4.78. The van der Waals surface area contributed by atoms with Gasteiger partial charge in [0.05, 0.1) is 11.2 Å². The number of amides is 1. The van der Waals surface area contributed by atoms with Crippen molar-refractivity contribution >= 4 is 34.3 Å². The number of aromatic hydroxyl groups is 1. The molecular formula is C19H18N2O6. The molecule has 27 heavy (non-hydrogen) atoms. The van der Waals surface area contributed by atoms with Crippen molar-refractivity contribution in [2.24, 2.45) is 0 Å². The van der Waals surface area contributed by atoms with Gasteiger partial charge in [0.25, 0.3) is 0 Å². The van der Waals surface area contributed by atoms with Crippen molar-refractivity contribution in [1.29, 1.82) is 0 Å². The van der Waals surface area contributed by atoms with Crippen molar-refractivity contribution < 1.29 is 23.9 Å². The normalized spacial score (nSPS) is 10.0. The standard InChI is InChI=1S/C10H11NO3.C9H7NO3/c1-6(12)8-3-4-10(14)9(5-8)11-7(2)13;1-5(11)6-2-3-8-7(4-6)10-9(12)13-8/h3-5,14H,1-2H3,(H,11,13);2-4H,1H3,(H,10,12). The van der Waals surface area contributed by atoms with Crippen molar-refractivity contribution in [2.75, 3.05) is 5.32 Å². The molecule has 0 atom stereocenters. The molecule has 3 N–H and O–H groups in total. The molecule has 0 unspecified atom stereocenters. The minimum absolute atomic E-state index is 0.0380. The first-order valence-electron chi connectivity index (χ1n) is 7.92. The summed E-state index contributed by atoms with van der Waals surface area (Å²) in [5.41, 5.74) is 2.29. The molecule has 8 heteroatoms. The molecule has 0 spiro atoms. The third-order valence-electron chi connectivity index (χ3n) is 3.54. The van der Waals surface area contributed by atoms with Gasteiger partial charge >= 0.3 is 5.76 Å². The minimum Gasteiger partial charge on any atom is -0.506 e. The number of carbonyl (C=O) groups excluding carboxylic acids is 3. The van der Waals surface area contributed by atoms with Crippen molar-refractivity contribution in [3.63, 3.8) is 0 Å². The molecule has 8 nitrogen and oxygen atoms in total. The van der Waals surface area contributed by atoms with Crippen LogP contribution in [0.25, 0.3) is 11.1 Å². The molecule has 140 valence electrons. The number of fused-ring (bicyclic) bond motifs is 1. The van der Waals surface area contributed by atoms with E-state index in [1.807, 2.05) is 0 Å². The number of phenols is 1. The Bertz CT molecular complexity index is 1080.